The molecular weight excluding hydrogens is 504 g/mol. The van der Waals surface area contributed by atoms with Gasteiger partial charge in [0.25, 0.3) is 0 Å². The van der Waals surface area contributed by atoms with Gasteiger partial charge in [0.2, 0.25) is 5.91 Å². The Morgan fingerprint density at radius 3 is 2.46 bits per heavy atom. The van der Waals surface area contributed by atoms with E-state index in [1.807, 2.05) is 23.5 Å². The average Bonchev–Trinajstić information content (AvgIpc) is 3.54. The van der Waals surface area contributed by atoms with E-state index < -0.39 is 0 Å². The van der Waals surface area contributed by atoms with Crippen molar-refractivity contribution in [3.8, 4) is 27.4 Å². The maximum atomic E-state index is 12.8. The minimum Gasteiger partial charge on any atom is -0.497 e. The van der Waals surface area contributed by atoms with Crippen molar-refractivity contribution in [1.29, 1.82) is 0 Å². The third kappa shape index (κ3) is 4.60. The van der Waals surface area contributed by atoms with Gasteiger partial charge >= 0.3 is 0 Å². The van der Waals surface area contributed by atoms with E-state index >= 15 is 0 Å². The van der Waals surface area contributed by atoms with Crippen LogP contribution < -0.4 is 4.74 Å². The van der Waals surface area contributed by atoms with E-state index in [4.69, 9.17) is 9.72 Å². The highest BCUT2D eigenvalue weighted by atomic mass is 32.1. The van der Waals surface area contributed by atoms with E-state index in [9.17, 15) is 4.79 Å². The highest BCUT2D eigenvalue weighted by Gasteiger charge is 2.31. The predicted molar refractivity (Wildman–Crippen MR) is 157 cm³/mol. The molecule has 0 unspecified atom stereocenters. The number of fused-ring (bicyclic) bond motifs is 2. The molecule has 0 N–H and O–H groups in total. The molecule has 39 heavy (non-hydrogen) atoms. The first-order chi connectivity index (χ1) is 19.2. The van der Waals surface area contributed by atoms with Gasteiger partial charge in [-0.1, -0.05) is 24.6 Å². The number of ether oxygens (including phenoxy) is 1. The largest absolute Gasteiger partial charge is 0.497 e. The Balaban J connectivity index is 1.23. The lowest BCUT2D eigenvalue weighted by atomic mass is 9.84. The lowest BCUT2D eigenvalue weighted by Crippen LogP contribution is -2.50. The smallest absolute Gasteiger partial charge is 0.225 e. The third-order valence-electron chi connectivity index (χ3n) is 8.30. The normalized spacial score (nSPS) is 16.6. The molecule has 2 aliphatic rings. The first-order valence-corrected chi connectivity index (χ1v) is 14.6. The van der Waals surface area contributed by atoms with E-state index in [2.05, 4.69) is 75.0 Å². The topological polar surface area (TPSA) is 50.1 Å². The third-order valence-corrected chi connectivity index (χ3v) is 9.47. The van der Waals surface area contributed by atoms with Crippen LogP contribution in [0.25, 0.3) is 37.4 Å². The van der Waals surface area contributed by atoms with E-state index in [0.29, 0.717) is 5.91 Å². The lowest BCUT2D eigenvalue weighted by Gasteiger charge is -2.38. The number of aromatic nitrogens is 2. The monoisotopic (exact) mass is 536 g/mol. The summed E-state index contributed by atoms with van der Waals surface area (Å²) in [6, 6.07) is 23.3. The van der Waals surface area contributed by atoms with Crippen molar-refractivity contribution in [3.63, 3.8) is 0 Å². The number of methoxy groups -OCH3 is 1. The molecule has 5 aromatic rings. The van der Waals surface area contributed by atoms with Crippen LogP contribution in [0.3, 0.4) is 0 Å². The molecule has 4 heterocycles. The first-order valence-electron chi connectivity index (χ1n) is 13.8. The summed E-state index contributed by atoms with van der Waals surface area (Å²) in [5.74, 6) is 1.47. The summed E-state index contributed by atoms with van der Waals surface area (Å²) < 4.78 is 8.97. The summed E-state index contributed by atoms with van der Waals surface area (Å²) in [5, 5.41) is 1.27. The molecule has 1 saturated carbocycles. The zero-order chi connectivity index (χ0) is 26.3. The molecule has 0 bridgehead atoms. The Labute approximate surface area is 232 Å². The fourth-order valence-electron chi connectivity index (χ4n) is 5.75. The number of rotatable bonds is 6. The van der Waals surface area contributed by atoms with Crippen molar-refractivity contribution >= 4 is 33.0 Å². The number of thiophene rings is 1. The molecule has 198 valence electrons. The summed E-state index contributed by atoms with van der Waals surface area (Å²) in [6.07, 6.45) is 5.57. The van der Waals surface area contributed by atoms with Crippen LogP contribution in [0.2, 0.25) is 0 Å². The van der Waals surface area contributed by atoms with Crippen molar-refractivity contribution in [3.05, 3.63) is 78.6 Å². The van der Waals surface area contributed by atoms with E-state index in [-0.39, 0.29) is 5.92 Å². The SMILES string of the molecule is COc1ccc(-c2nc3ccc(-c4cc5ccccc5s4)cn3c2CN2CCN(C(=O)C3CCC3)CC2)cc1. The molecule has 0 atom stereocenters. The fourth-order valence-corrected chi connectivity index (χ4v) is 6.80. The predicted octanol–water partition coefficient (Wildman–Crippen LogP) is 6.34. The molecule has 1 aliphatic carbocycles. The van der Waals surface area contributed by atoms with Gasteiger partial charge < -0.3 is 14.0 Å². The van der Waals surface area contributed by atoms with E-state index in [1.54, 1.807) is 7.11 Å². The van der Waals surface area contributed by atoms with Crippen molar-refractivity contribution in [2.45, 2.75) is 25.8 Å². The van der Waals surface area contributed by atoms with Gasteiger partial charge in [0, 0.05) is 65.5 Å². The Morgan fingerprint density at radius 1 is 0.974 bits per heavy atom. The Hall–Kier alpha value is -3.68. The molecule has 0 spiro atoms. The van der Waals surface area contributed by atoms with Crippen LogP contribution in [-0.4, -0.2) is 58.4 Å². The summed E-state index contributed by atoms with van der Waals surface area (Å²) in [4.78, 5) is 23.7. The van der Waals surface area contributed by atoms with Gasteiger partial charge in [-0.2, -0.15) is 0 Å². The van der Waals surface area contributed by atoms with Crippen molar-refractivity contribution in [2.24, 2.45) is 5.92 Å². The number of pyridine rings is 1. The standard InChI is InChI=1S/C32H32N4O2S/c1-38-26-12-9-22(10-13-26)31-27(21-34-15-17-35(18-16-34)32(37)23-6-4-7-23)36-20-25(11-14-30(36)33-31)29-19-24-5-2-3-8-28(24)39-29/h2-3,5,8-14,19-20,23H,4,6-7,15-18,21H2,1H3. The minimum absolute atomic E-state index is 0.268. The van der Waals surface area contributed by atoms with Crippen molar-refractivity contribution in [2.75, 3.05) is 33.3 Å². The van der Waals surface area contributed by atoms with Crippen LogP contribution in [0.15, 0.2) is 72.9 Å². The van der Waals surface area contributed by atoms with Crippen LogP contribution in [0.4, 0.5) is 0 Å². The first kappa shape index (κ1) is 24.4. The van der Waals surface area contributed by atoms with E-state index in [1.165, 1.54) is 32.6 Å². The van der Waals surface area contributed by atoms with Crippen LogP contribution in [0, 0.1) is 5.92 Å². The number of benzene rings is 2. The number of amides is 1. The second-order valence-electron chi connectivity index (χ2n) is 10.7. The Morgan fingerprint density at radius 2 is 1.74 bits per heavy atom. The van der Waals surface area contributed by atoms with Gasteiger partial charge in [0.1, 0.15) is 11.4 Å². The maximum absolute atomic E-state index is 12.8. The maximum Gasteiger partial charge on any atom is 0.225 e. The zero-order valence-corrected chi connectivity index (χ0v) is 23.0. The second kappa shape index (κ2) is 10.1. The zero-order valence-electron chi connectivity index (χ0n) is 22.2. The quantitative estimate of drug-likeness (QED) is 0.254. The molecule has 7 rings (SSSR count). The molecule has 1 saturated heterocycles. The average molecular weight is 537 g/mol. The van der Waals surface area contributed by atoms with Gasteiger partial charge in [0.05, 0.1) is 18.5 Å². The van der Waals surface area contributed by atoms with Crippen LogP contribution in [0.1, 0.15) is 25.0 Å². The van der Waals surface area contributed by atoms with Crippen LogP contribution in [0.5, 0.6) is 5.75 Å². The molecule has 2 aromatic carbocycles. The van der Waals surface area contributed by atoms with E-state index in [0.717, 1.165) is 68.2 Å². The molecule has 3 aromatic heterocycles. The van der Waals surface area contributed by atoms with Crippen LogP contribution >= 0.6 is 11.3 Å². The molecule has 1 aliphatic heterocycles. The number of hydrogen-bond acceptors (Lipinski definition) is 5. The number of piperazine rings is 1. The van der Waals surface area contributed by atoms with Crippen molar-refractivity contribution < 1.29 is 9.53 Å². The second-order valence-corrected chi connectivity index (χ2v) is 11.7. The summed E-state index contributed by atoms with van der Waals surface area (Å²) in [5.41, 5.74) is 5.40. The van der Waals surface area contributed by atoms with Gasteiger partial charge in [-0.3, -0.25) is 9.69 Å². The minimum atomic E-state index is 0.268. The fraction of sp³-hybridized carbons (Fsp3) is 0.312. The van der Waals surface area contributed by atoms with Gasteiger partial charge in [-0.05, 0) is 66.8 Å². The molecule has 0 radical (unpaired) electrons. The lowest BCUT2D eigenvalue weighted by molar-refractivity contribution is -0.140. The van der Waals surface area contributed by atoms with Crippen molar-refractivity contribution in [1.82, 2.24) is 19.2 Å². The molecule has 7 heteroatoms. The summed E-state index contributed by atoms with van der Waals surface area (Å²) in [7, 11) is 1.69. The molecule has 6 nitrogen and oxygen atoms in total. The van der Waals surface area contributed by atoms with Gasteiger partial charge in [-0.15, -0.1) is 11.3 Å². The molecular formula is C32H32N4O2S. The molecule has 1 amide bonds. The number of hydrogen-bond donors (Lipinski definition) is 0. The number of imidazole rings is 1. The Kier molecular flexibility index (Phi) is 6.33. The Bertz CT molecular complexity index is 1610. The molecule has 2 fully saturated rings. The van der Waals surface area contributed by atoms with Gasteiger partial charge in [0.15, 0.2) is 0 Å². The van der Waals surface area contributed by atoms with Crippen LogP contribution in [-0.2, 0) is 11.3 Å². The summed E-state index contributed by atoms with van der Waals surface area (Å²) in [6.45, 7) is 4.14. The number of nitrogens with zero attached hydrogens (tertiary/aromatic N) is 4. The highest BCUT2D eigenvalue weighted by Crippen LogP contribution is 2.35. The van der Waals surface area contributed by atoms with Gasteiger partial charge in [-0.25, -0.2) is 4.98 Å². The summed E-state index contributed by atoms with van der Waals surface area (Å²) >= 11 is 1.82. The number of carbonyl (C=O) groups excluding carboxylic acids is 1. The number of carbonyl (C=O) groups is 1. The highest BCUT2D eigenvalue weighted by molar-refractivity contribution is 7.22.